The minimum absolute atomic E-state index is 0. The van der Waals surface area contributed by atoms with Gasteiger partial charge in [-0.05, 0) is 25.7 Å². The van der Waals surface area contributed by atoms with Crippen molar-refractivity contribution in [3.05, 3.63) is 0 Å². The lowest BCUT2D eigenvalue weighted by atomic mass is 9.81. The summed E-state index contributed by atoms with van der Waals surface area (Å²) in [6, 6.07) is -0.251. The molecule has 2 aliphatic rings. The molecule has 0 bridgehead atoms. The van der Waals surface area contributed by atoms with E-state index in [1.165, 1.54) is 0 Å². The van der Waals surface area contributed by atoms with Crippen molar-refractivity contribution in [2.75, 3.05) is 11.5 Å². The highest BCUT2D eigenvalue weighted by atomic mass is 35.5. The van der Waals surface area contributed by atoms with Crippen molar-refractivity contribution in [1.29, 1.82) is 0 Å². The van der Waals surface area contributed by atoms with Gasteiger partial charge in [0.1, 0.15) is 0 Å². The molecule has 7 heteroatoms. The molecule has 0 aromatic heterocycles. The zero-order chi connectivity index (χ0) is 13.2. The maximum absolute atomic E-state index is 12.2. The lowest BCUT2D eigenvalue weighted by molar-refractivity contribution is -0.128. The fraction of sp³-hybridized carbons (Fsp3) is 0.917. The molecule has 3 N–H and O–H groups in total. The molecule has 1 amide bonds. The van der Waals surface area contributed by atoms with Crippen LogP contribution in [0.4, 0.5) is 0 Å². The molecule has 1 unspecified atom stereocenters. The van der Waals surface area contributed by atoms with E-state index >= 15 is 0 Å². The lowest BCUT2D eigenvalue weighted by Gasteiger charge is -2.34. The number of nitrogens with two attached hydrogens (primary N) is 1. The van der Waals surface area contributed by atoms with Gasteiger partial charge in [0.2, 0.25) is 5.91 Å². The van der Waals surface area contributed by atoms with Crippen molar-refractivity contribution in [1.82, 2.24) is 5.32 Å². The van der Waals surface area contributed by atoms with Crippen molar-refractivity contribution in [3.8, 4) is 0 Å². The summed E-state index contributed by atoms with van der Waals surface area (Å²) in [7, 11) is -2.98. The van der Waals surface area contributed by atoms with Gasteiger partial charge in [0.15, 0.2) is 9.84 Å². The molecule has 1 heterocycles. The summed E-state index contributed by atoms with van der Waals surface area (Å²) in [6.07, 6.45) is 5.87. The topological polar surface area (TPSA) is 89.3 Å². The molecule has 5 nitrogen and oxygen atoms in total. The van der Waals surface area contributed by atoms with E-state index < -0.39 is 15.4 Å². The van der Waals surface area contributed by atoms with Crippen LogP contribution in [0, 0.1) is 0 Å². The van der Waals surface area contributed by atoms with Crippen LogP contribution >= 0.6 is 12.4 Å². The summed E-state index contributed by atoms with van der Waals surface area (Å²) in [5.41, 5.74) is 5.35. The normalized spacial score (nSPS) is 29.0. The smallest absolute Gasteiger partial charge is 0.240 e. The van der Waals surface area contributed by atoms with Gasteiger partial charge in [0, 0.05) is 6.04 Å². The summed E-state index contributed by atoms with van der Waals surface area (Å²) in [4.78, 5) is 12.2. The Bertz CT molecular complexity index is 419. The third-order valence-corrected chi connectivity index (χ3v) is 5.82. The number of hydrogen-bond donors (Lipinski definition) is 2. The number of carbonyl (C=O) groups excluding carboxylic acids is 1. The van der Waals surface area contributed by atoms with E-state index in [1.54, 1.807) is 0 Å². The number of nitrogens with one attached hydrogen (secondary N) is 1. The van der Waals surface area contributed by atoms with Crippen molar-refractivity contribution < 1.29 is 13.2 Å². The first-order valence-electron chi connectivity index (χ1n) is 6.72. The monoisotopic (exact) mass is 310 g/mol. The number of amides is 1. The highest BCUT2D eigenvalue weighted by molar-refractivity contribution is 7.91. The zero-order valence-electron chi connectivity index (χ0n) is 11.1. The van der Waals surface area contributed by atoms with E-state index in [2.05, 4.69) is 5.32 Å². The van der Waals surface area contributed by atoms with Gasteiger partial charge in [0.25, 0.3) is 0 Å². The van der Waals surface area contributed by atoms with Gasteiger partial charge >= 0.3 is 0 Å². The Morgan fingerprint density at radius 2 is 1.79 bits per heavy atom. The predicted molar refractivity (Wildman–Crippen MR) is 77.1 cm³/mol. The Labute approximate surface area is 121 Å². The van der Waals surface area contributed by atoms with Crippen LogP contribution in [0.3, 0.4) is 0 Å². The summed E-state index contributed by atoms with van der Waals surface area (Å²) in [6.45, 7) is 0. The third kappa shape index (κ3) is 4.33. The Kier molecular flexibility index (Phi) is 5.65. The molecule has 0 aromatic rings. The molecule has 1 saturated heterocycles. The number of carbonyl (C=O) groups is 1. The second kappa shape index (κ2) is 6.41. The molecule has 0 aromatic carbocycles. The first kappa shape index (κ1) is 16.7. The van der Waals surface area contributed by atoms with E-state index in [-0.39, 0.29) is 35.9 Å². The Balaban J connectivity index is 0.00000180. The van der Waals surface area contributed by atoms with Crippen LogP contribution in [0.1, 0.15) is 44.9 Å². The SMILES string of the molecule is Cl.NC1(C(=O)NC2CCCS(=O)(=O)C2)CCCCC1. The first-order valence-corrected chi connectivity index (χ1v) is 8.54. The summed E-state index contributed by atoms with van der Waals surface area (Å²) in [5, 5.41) is 2.84. The molecule has 1 aliphatic heterocycles. The second-order valence-corrected chi connectivity index (χ2v) is 7.87. The second-order valence-electron chi connectivity index (χ2n) is 5.64. The van der Waals surface area contributed by atoms with Gasteiger partial charge in [-0.1, -0.05) is 19.3 Å². The standard InChI is InChI=1S/C12H22N2O3S.ClH/c13-12(6-2-1-3-7-12)11(15)14-10-5-4-8-18(16,17)9-10;/h10H,1-9,13H2,(H,14,15);1H. The maximum Gasteiger partial charge on any atom is 0.240 e. The van der Waals surface area contributed by atoms with E-state index in [9.17, 15) is 13.2 Å². The fourth-order valence-electron chi connectivity index (χ4n) is 2.88. The minimum atomic E-state index is -2.98. The molecule has 1 atom stereocenters. The quantitative estimate of drug-likeness (QED) is 0.788. The van der Waals surface area contributed by atoms with Crippen LogP contribution in [-0.4, -0.2) is 37.4 Å². The molecular weight excluding hydrogens is 288 g/mol. The van der Waals surface area contributed by atoms with Crippen molar-refractivity contribution in [3.63, 3.8) is 0 Å². The Morgan fingerprint density at radius 1 is 1.16 bits per heavy atom. The van der Waals surface area contributed by atoms with Crippen LogP contribution < -0.4 is 11.1 Å². The number of halogens is 1. The van der Waals surface area contributed by atoms with Crippen molar-refractivity contribution in [2.45, 2.75) is 56.5 Å². The molecule has 19 heavy (non-hydrogen) atoms. The van der Waals surface area contributed by atoms with Crippen LogP contribution in [0.15, 0.2) is 0 Å². The van der Waals surface area contributed by atoms with Gasteiger partial charge in [0.05, 0.1) is 17.0 Å². The first-order chi connectivity index (χ1) is 8.41. The molecule has 2 fully saturated rings. The summed E-state index contributed by atoms with van der Waals surface area (Å²) < 4.78 is 23.0. The highest BCUT2D eigenvalue weighted by Gasteiger charge is 2.37. The van der Waals surface area contributed by atoms with Crippen LogP contribution in [-0.2, 0) is 14.6 Å². The third-order valence-electron chi connectivity index (χ3n) is 4.00. The summed E-state index contributed by atoms with van der Waals surface area (Å²) >= 11 is 0. The van der Waals surface area contributed by atoms with E-state index in [0.29, 0.717) is 19.3 Å². The predicted octanol–water partition coefficient (Wildman–Crippen LogP) is 0.763. The van der Waals surface area contributed by atoms with Gasteiger partial charge in [-0.2, -0.15) is 0 Å². The van der Waals surface area contributed by atoms with E-state index in [4.69, 9.17) is 5.73 Å². The minimum Gasteiger partial charge on any atom is -0.351 e. The van der Waals surface area contributed by atoms with Crippen molar-refractivity contribution in [2.24, 2.45) is 5.73 Å². The molecule has 1 saturated carbocycles. The molecular formula is C12H23ClN2O3S. The maximum atomic E-state index is 12.2. The lowest BCUT2D eigenvalue weighted by Crippen LogP contribution is -2.58. The number of rotatable bonds is 2. The van der Waals surface area contributed by atoms with Crippen LogP contribution in [0.2, 0.25) is 0 Å². The van der Waals surface area contributed by atoms with Gasteiger partial charge < -0.3 is 11.1 Å². The molecule has 1 aliphatic carbocycles. The van der Waals surface area contributed by atoms with Crippen LogP contribution in [0.5, 0.6) is 0 Å². The largest absolute Gasteiger partial charge is 0.351 e. The fourth-order valence-corrected chi connectivity index (χ4v) is 4.51. The number of hydrogen-bond acceptors (Lipinski definition) is 4. The molecule has 112 valence electrons. The van der Waals surface area contributed by atoms with Gasteiger partial charge in [-0.25, -0.2) is 8.42 Å². The zero-order valence-corrected chi connectivity index (χ0v) is 12.7. The van der Waals surface area contributed by atoms with Gasteiger partial charge in [-0.3, -0.25) is 4.79 Å². The average Bonchev–Trinajstić information content (AvgIpc) is 2.28. The molecule has 2 rings (SSSR count). The molecule has 0 radical (unpaired) electrons. The van der Waals surface area contributed by atoms with E-state index in [0.717, 1.165) is 25.7 Å². The van der Waals surface area contributed by atoms with Crippen LogP contribution in [0.25, 0.3) is 0 Å². The summed E-state index contributed by atoms with van der Waals surface area (Å²) in [5.74, 6) is 0.145. The Morgan fingerprint density at radius 3 is 2.37 bits per heavy atom. The number of sulfone groups is 1. The molecule has 0 spiro atoms. The average molecular weight is 311 g/mol. The Hall–Kier alpha value is -0.330. The highest BCUT2D eigenvalue weighted by Crippen LogP contribution is 2.26. The van der Waals surface area contributed by atoms with E-state index in [1.807, 2.05) is 0 Å². The van der Waals surface area contributed by atoms with Gasteiger partial charge in [-0.15, -0.1) is 12.4 Å². The van der Waals surface area contributed by atoms with Crippen molar-refractivity contribution >= 4 is 28.2 Å².